The summed E-state index contributed by atoms with van der Waals surface area (Å²) in [4.78, 5) is 36.5. The molecule has 0 radical (unpaired) electrons. The van der Waals surface area contributed by atoms with Crippen LogP contribution >= 0.6 is 0 Å². The Bertz CT molecular complexity index is 727. The first-order valence-corrected chi connectivity index (χ1v) is 10.6. The molecule has 146 valence electrons. The zero-order chi connectivity index (χ0) is 18.4. The lowest BCUT2D eigenvalue weighted by molar-refractivity contribution is 0.0639. The number of hydrogen-bond donors (Lipinski definition) is 0. The second-order valence-corrected chi connectivity index (χ2v) is 8.60. The number of rotatable bonds is 4. The van der Waals surface area contributed by atoms with E-state index in [0.29, 0.717) is 23.5 Å². The van der Waals surface area contributed by atoms with E-state index in [9.17, 15) is 9.59 Å². The Hall–Kier alpha value is -1.89. The highest BCUT2D eigenvalue weighted by Crippen LogP contribution is 2.31. The van der Waals surface area contributed by atoms with E-state index in [-0.39, 0.29) is 11.8 Å². The molecule has 27 heavy (non-hydrogen) atoms. The Morgan fingerprint density at radius 2 is 1.74 bits per heavy atom. The number of carbonyl (C=O) groups is 2. The summed E-state index contributed by atoms with van der Waals surface area (Å²) in [6, 6.07) is 0.629. The molecular formula is C20H29N5O2. The average molecular weight is 371 g/mol. The third-order valence-electron chi connectivity index (χ3n) is 6.67. The second-order valence-electron chi connectivity index (χ2n) is 8.60. The summed E-state index contributed by atoms with van der Waals surface area (Å²) in [6.07, 6.45) is 8.97. The molecule has 4 aliphatic rings. The Balaban J connectivity index is 1.23. The van der Waals surface area contributed by atoms with E-state index in [2.05, 4.69) is 9.88 Å². The van der Waals surface area contributed by atoms with Crippen LogP contribution in [-0.4, -0.2) is 81.4 Å². The number of aromatic nitrogens is 2. The average Bonchev–Trinajstić information content (AvgIpc) is 3.18. The van der Waals surface area contributed by atoms with E-state index < -0.39 is 0 Å². The molecule has 3 fully saturated rings. The van der Waals surface area contributed by atoms with Crippen molar-refractivity contribution in [2.45, 2.75) is 51.1 Å². The van der Waals surface area contributed by atoms with Gasteiger partial charge < -0.3 is 19.3 Å². The van der Waals surface area contributed by atoms with Crippen LogP contribution < -0.4 is 0 Å². The Kier molecular flexibility index (Phi) is 4.42. The van der Waals surface area contributed by atoms with Crippen LogP contribution in [0.5, 0.6) is 0 Å². The number of hydrogen-bond acceptors (Lipinski definition) is 4. The van der Waals surface area contributed by atoms with Gasteiger partial charge in [0.25, 0.3) is 11.8 Å². The van der Waals surface area contributed by atoms with Crippen LogP contribution in [0.25, 0.3) is 0 Å². The number of fused-ring (bicyclic) bond motifs is 1. The fourth-order valence-corrected chi connectivity index (χ4v) is 4.82. The molecule has 1 aromatic heterocycles. The van der Waals surface area contributed by atoms with E-state index >= 15 is 0 Å². The molecule has 5 rings (SSSR count). The van der Waals surface area contributed by atoms with Crippen LogP contribution in [0.2, 0.25) is 0 Å². The van der Waals surface area contributed by atoms with Crippen molar-refractivity contribution >= 4 is 11.8 Å². The molecule has 4 heterocycles. The maximum atomic E-state index is 12.9. The Labute approximate surface area is 160 Å². The van der Waals surface area contributed by atoms with Crippen LogP contribution in [0.3, 0.4) is 0 Å². The molecule has 2 amide bonds. The number of carbonyl (C=O) groups excluding carboxylic acids is 2. The molecule has 3 aliphatic heterocycles. The van der Waals surface area contributed by atoms with Crippen LogP contribution in [0, 0.1) is 5.92 Å². The van der Waals surface area contributed by atoms with Gasteiger partial charge in [0.05, 0.1) is 0 Å². The lowest BCUT2D eigenvalue weighted by Gasteiger charge is -2.36. The van der Waals surface area contributed by atoms with E-state index in [1.807, 2.05) is 14.4 Å². The lowest BCUT2D eigenvalue weighted by atomic mass is 10.0. The monoisotopic (exact) mass is 371 g/mol. The van der Waals surface area contributed by atoms with Crippen molar-refractivity contribution in [2.75, 3.05) is 39.3 Å². The number of piperidine rings is 1. The third kappa shape index (κ3) is 3.37. The molecule has 0 atom stereocenters. The molecule has 7 heteroatoms. The number of likely N-dealkylation sites (tertiary alicyclic amines) is 2. The van der Waals surface area contributed by atoms with Gasteiger partial charge in [0.15, 0.2) is 5.82 Å². The van der Waals surface area contributed by atoms with E-state index in [4.69, 9.17) is 0 Å². The van der Waals surface area contributed by atoms with Gasteiger partial charge in [0.1, 0.15) is 5.69 Å². The first-order chi connectivity index (χ1) is 13.2. The van der Waals surface area contributed by atoms with Crippen LogP contribution in [0.15, 0.2) is 6.20 Å². The molecule has 1 saturated carbocycles. The van der Waals surface area contributed by atoms with Crippen molar-refractivity contribution in [3.05, 3.63) is 17.7 Å². The predicted octanol–water partition coefficient (Wildman–Crippen LogP) is 1.45. The number of amides is 2. The summed E-state index contributed by atoms with van der Waals surface area (Å²) in [5, 5.41) is 0. The highest BCUT2D eigenvalue weighted by Gasteiger charge is 2.34. The normalized spacial score (nSPS) is 24.5. The van der Waals surface area contributed by atoms with Crippen molar-refractivity contribution in [1.29, 1.82) is 0 Å². The van der Waals surface area contributed by atoms with Crippen LogP contribution in [-0.2, 0) is 6.54 Å². The van der Waals surface area contributed by atoms with Crippen molar-refractivity contribution in [3.8, 4) is 0 Å². The summed E-state index contributed by atoms with van der Waals surface area (Å²) in [7, 11) is 0. The summed E-state index contributed by atoms with van der Waals surface area (Å²) in [5.74, 6) is 1.09. The molecule has 2 saturated heterocycles. The number of nitrogens with zero attached hydrogens (tertiary/aromatic N) is 5. The minimum absolute atomic E-state index is 0.0139. The molecule has 1 aliphatic carbocycles. The van der Waals surface area contributed by atoms with Gasteiger partial charge in [-0.15, -0.1) is 0 Å². The highest BCUT2D eigenvalue weighted by atomic mass is 16.2. The molecular weight excluding hydrogens is 342 g/mol. The minimum Gasteiger partial charge on any atom is -0.337 e. The fraction of sp³-hybridized carbons (Fsp3) is 0.750. The van der Waals surface area contributed by atoms with Crippen molar-refractivity contribution in [2.24, 2.45) is 5.92 Å². The topological polar surface area (TPSA) is 61.7 Å². The Morgan fingerprint density at radius 3 is 2.44 bits per heavy atom. The number of imidazole rings is 1. The molecule has 1 aromatic rings. The fourth-order valence-electron chi connectivity index (χ4n) is 4.82. The first-order valence-electron chi connectivity index (χ1n) is 10.6. The van der Waals surface area contributed by atoms with Crippen molar-refractivity contribution < 1.29 is 9.59 Å². The largest absolute Gasteiger partial charge is 0.337 e. The molecule has 0 bridgehead atoms. The molecule has 0 aromatic carbocycles. The zero-order valence-electron chi connectivity index (χ0n) is 16.0. The van der Waals surface area contributed by atoms with Gasteiger partial charge in [-0.2, -0.15) is 0 Å². The molecule has 7 nitrogen and oxygen atoms in total. The van der Waals surface area contributed by atoms with Crippen LogP contribution in [0.4, 0.5) is 0 Å². The minimum atomic E-state index is -0.0154. The van der Waals surface area contributed by atoms with Gasteiger partial charge in [0.2, 0.25) is 0 Å². The van der Waals surface area contributed by atoms with Gasteiger partial charge in [-0.1, -0.05) is 0 Å². The van der Waals surface area contributed by atoms with Gasteiger partial charge >= 0.3 is 0 Å². The summed E-state index contributed by atoms with van der Waals surface area (Å²) < 4.78 is 1.87. The van der Waals surface area contributed by atoms with Crippen molar-refractivity contribution in [3.63, 3.8) is 0 Å². The van der Waals surface area contributed by atoms with Gasteiger partial charge in [-0.25, -0.2) is 4.98 Å². The Morgan fingerprint density at radius 1 is 1.00 bits per heavy atom. The quantitative estimate of drug-likeness (QED) is 0.804. The molecule has 0 unspecified atom stereocenters. The summed E-state index contributed by atoms with van der Waals surface area (Å²) in [6.45, 7) is 6.34. The SMILES string of the molecule is O=C(c1cn2c(n1)C(=O)N(CC1CC1)CC2)N1CCC(N2CCCC2)CC1. The van der Waals surface area contributed by atoms with Gasteiger partial charge in [-0.3, -0.25) is 9.59 Å². The molecule has 0 spiro atoms. The van der Waals surface area contributed by atoms with E-state index in [1.165, 1.54) is 38.8 Å². The maximum absolute atomic E-state index is 12.9. The van der Waals surface area contributed by atoms with Crippen LogP contribution in [0.1, 0.15) is 59.6 Å². The van der Waals surface area contributed by atoms with Crippen molar-refractivity contribution in [1.82, 2.24) is 24.3 Å². The smallest absolute Gasteiger partial charge is 0.289 e. The zero-order valence-corrected chi connectivity index (χ0v) is 16.0. The third-order valence-corrected chi connectivity index (χ3v) is 6.67. The van der Waals surface area contributed by atoms with E-state index in [0.717, 1.165) is 45.6 Å². The highest BCUT2D eigenvalue weighted by molar-refractivity contribution is 5.96. The lowest BCUT2D eigenvalue weighted by Crippen LogP contribution is -2.46. The standard InChI is InChI=1S/C20H29N5O2/c26-19(23-9-5-16(6-10-23)22-7-1-2-8-22)17-14-24-11-12-25(13-15-3-4-15)20(27)18(24)21-17/h14-16H,1-13H2. The van der Waals surface area contributed by atoms with Gasteiger partial charge in [-0.05, 0) is 57.5 Å². The molecule has 0 N–H and O–H groups in total. The predicted molar refractivity (Wildman–Crippen MR) is 101 cm³/mol. The maximum Gasteiger partial charge on any atom is 0.289 e. The first kappa shape index (κ1) is 17.2. The van der Waals surface area contributed by atoms with Gasteiger partial charge in [0, 0.05) is 45.0 Å². The van der Waals surface area contributed by atoms with E-state index in [1.54, 1.807) is 6.20 Å². The summed E-state index contributed by atoms with van der Waals surface area (Å²) in [5.41, 5.74) is 0.436. The second kappa shape index (κ2) is 6.93. The summed E-state index contributed by atoms with van der Waals surface area (Å²) >= 11 is 0.